The normalized spacial score (nSPS) is 12.1. The van der Waals surface area contributed by atoms with Crippen LogP contribution in [0.5, 0.6) is 5.75 Å². The molecule has 160 valence electrons. The lowest BCUT2D eigenvalue weighted by atomic mass is 10.3. The summed E-state index contributed by atoms with van der Waals surface area (Å²) in [5.74, 6) is 1.44. The summed E-state index contributed by atoms with van der Waals surface area (Å²) in [6.45, 7) is 2.68. The predicted octanol–water partition coefficient (Wildman–Crippen LogP) is 3.29. The number of hydrogen-bond donors (Lipinski definition) is 2. The standard InChI is InChI=1S/C22H23ClN6O2/c1-14(13-31-17-9-7-15(23)8-10-17)25-20-11-16(26-21(24)27-20)12-29-19-6-4-3-5-18(19)28(2)22(29)30/h3-11,14H,12-13H2,1-2H3,(H3,24,25,26,27). The Labute approximate surface area is 184 Å². The van der Waals surface area contributed by atoms with E-state index in [9.17, 15) is 4.79 Å². The maximum absolute atomic E-state index is 12.7. The number of nitrogens with two attached hydrogens (primary N) is 1. The number of para-hydroxylation sites is 2. The molecule has 0 aliphatic rings. The summed E-state index contributed by atoms with van der Waals surface area (Å²) in [4.78, 5) is 21.3. The van der Waals surface area contributed by atoms with E-state index in [2.05, 4.69) is 15.3 Å². The zero-order chi connectivity index (χ0) is 22.0. The average Bonchev–Trinajstić information content (AvgIpc) is 2.98. The topological polar surface area (TPSA) is 100.0 Å². The van der Waals surface area contributed by atoms with Crippen molar-refractivity contribution >= 4 is 34.4 Å². The van der Waals surface area contributed by atoms with Crippen molar-refractivity contribution in [3.05, 3.63) is 75.8 Å². The molecule has 2 aromatic heterocycles. The van der Waals surface area contributed by atoms with Crippen molar-refractivity contribution in [1.29, 1.82) is 0 Å². The van der Waals surface area contributed by atoms with Gasteiger partial charge in [0.15, 0.2) is 0 Å². The first kappa shape index (κ1) is 20.7. The molecule has 0 amide bonds. The molecule has 4 aromatic rings. The molecule has 9 heteroatoms. The van der Waals surface area contributed by atoms with E-state index in [1.165, 1.54) is 0 Å². The van der Waals surface area contributed by atoms with E-state index in [1.807, 2.05) is 43.3 Å². The van der Waals surface area contributed by atoms with E-state index in [-0.39, 0.29) is 24.2 Å². The van der Waals surface area contributed by atoms with Crippen LogP contribution in [0.1, 0.15) is 12.6 Å². The number of imidazole rings is 1. The highest BCUT2D eigenvalue weighted by atomic mass is 35.5. The molecule has 0 bridgehead atoms. The van der Waals surface area contributed by atoms with Gasteiger partial charge in [0.1, 0.15) is 18.2 Å². The fourth-order valence-corrected chi connectivity index (χ4v) is 3.52. The number of hydrogen-bond acceptors (Lipinski definition) is 6. The fourth-order valence-electron chi connectivity index (χ4n) is 3.40. The number of halogens is 1. The molecule has 0 saturated carbocycles. The summed E-state index contributed by atoms with van der Waals surface area (Å²) in [6.07, 6.45) is 0. The molecule has 1 unspecified atom stereocenters. The van der Waals surface area contributed by atoms with Gasteiger partial charge in [-0.1, -0.05) is 23.7 Å². The Morgan fingerprint density at radius 3 is 2.58 bits per heavy atom. The van der Waals surface area contributed by atoms with Gasteiger partial charge in [0.2, 0.25) is 5.95 Å². The molecule has 0 radical (unpaired) electrons. The highest BCUT2D eigenvalue weighted by Gasteiger charge is 2.13. The zero-order valence-electron chi connectivity index (χ0n) is 17.2. The molecule has 2 aromatic carbocycles. The van der Waals surface area contributed by atoms with Crippen molar-refractivity contribution in [2.45, 2.75) is 19.5 Å². The van der Waals surface area contributed by atoms with Crippen LogP contribution in [-0.4, -0.2) is 31.8 Å². The average molecular weight is 439 g/mol. The quantitative estimate of drug-likeness (QED) is 0.459. The van der Waals surface area contributed by atoms with Gasteiger partial charge < -0.3 is 15.8 Å². The largest absolute Gasteiger partial charge is 0.491 e. The van der Waals surface area contributed by atoms with Crippen LogP contribution in [0.2, 0.25) is 5.02 Å². The Kier molecular flexibility index (Phi) is 5.81. The maximum atomic E-state index is 12.7. The molecular formula is C22H23ClN6O2. The third kappa shape index (κ3) is 4.64. The van der Waals surface area contributed by atoms with Gasteiger partial charge in [-0.25, -0.2) is 9.78 Å². The number of anilines is 2. The molecule has 0 aliphatic carbocycles. The van der Waals surface area contributed by atoms with Crippen molar-refractivity contribution < 1.29 is 4.74 Å². The first-order valence-corrected chi connectivity index (χ1v) is 10.2. The third-order valence-electron chi connectivity index (χ3n) is 4.88. The second-order valence-corrected chi connectivity index (χ2v) is 7.77. The third-order valence-corrected chi connectivity index (χ3v) is 5.13. The van der Waals surface area contributed by atoms with Crippen molar-refractivity contribution in [1.82, 2.24) is 19.1 Å². The second-order valence-electron chi connectivity index (χ2n) is 7.33. The van der Waals surface area contributed by atoms with E-state index in [0.717, 1.165) is 16.8 Å². The smallest absolute Gasteiger partial charge is 0.329 e. The van der Waals surface area contributed by atoms with Gasteiger partial charge in [0.25, 0.3) is 0 Å². The van der Waals surface area contributed by atoms with Crippen LogP contribution in [0.25, 0.3) is 11.0 Å². The summed E-state index contributed by atoms with van der Waals surface area (Å²) >= 11 is 5.90. The summed E-state index contributed by atoms with van der Waals surface area (Å²) in [5, 5.41) is 3.93. The van der Waals surface area contributed by atoms with Crippen LogP contribution in [0.4, 0.5) is 11.8 Å². The summed E-state index contributed by atoms with van der Waals surface area (Å²) < 4.78 is 9.07. The Morgan fingerprint density at radius 1 is 1.13 bits per heavy atom. The fraction of sp³-hybridized carbons (Fsp3) is 0.227. The lowest BCUT2D eigenvalue weighted by Crippen LogP contribution is -2.25. The second kappa shape index (κ2) is 8.69. The van der Waals surface area contributed by atoms with E-state index >= 15 is 0 Å². The SMILES string of the molecule is CC(COc1ccc(Cl)cc1)Nc1cc(Cn2c(=O)n(C)c3ccccc32)nc(N)n1. The van der Waals surface area contributed by atoms with E-state index < -0.39 is 0 Å². The van der Waals surface area contributed by atoms with Gasteiger partial charge >= 0.3 is 5.69 Å². The summed E-state index contributed by atoms with van der Waals surface area (Å²) in [6, 6.07) is 16.6. The predicted molar refractivity (Wildman–Crippen MR) is 123 cm³/mol. The first-order valence-electron chi connectivity index (χ1n) is 9.83. The van der Waals surface area contributed by atoms with E-state index in [0.29, 0.717) is 23.1 Å². The molecule has 8 nitrogen and oxygen atoms in total. The van der Waals surface area contributed by atoms with Gasteiger partial charge in [-0.2, -0.15) is 4.98 Å². The van der Waals surface area contributed by atoms with Gasteiger partial charge in [0.05, 0.1) is 29.3 Å². The van der Waals surface area contributed by atoms with Crippen LogP contribution in [0, 0.1) is 0 Å². The molecule has 1 atom stereocenters. The number of benzene rings is 2. The molecular weight excluding hydrogens is 416 g/mol. The Morgan fingerprint density at radius 2 is 1.84 bits per heavy atom. The van der Waals surface area contributed by atoms with Gasteiger partial charge in [-0.15, -0.1) is 0 Å². The van der Waals surface area contributed by atoms with Crippen LogP contribution in [0.15, 0.2) is 59.4 Å². The number of ether oxygens (including phenoxy) is 1. The minimum atomic E-state index is -0.113. The highest BCUT2D eigenvalue weighted by molar-refractivity contribution is 6.30. The minimum Gasteiger partial charge on any atom is -0.491 e. The number of nitrogen functional groups attached to an aromatic ring is 1. The molecule has 3 N–H and O–H groups in total. The lowest BCUT2D eigenvalue weighted by molar-refractivity contribution is 0.303. The molecule has 4 rings (SSSR count). The molecule has 0 aliphatic heterocycles. The van der Waals surface area contributed by atoms with Crippen LogP contribution in [-0.2, 0) is 13.6 Å². The number of aryl methyl sites for hydroxylation is 1. The van der Waals surface area contributed by atoms with Crippen LogP contribution in [0.3, 0.4) is 0 Å². The Balaban J connectivity index is 1.49. The number of aromatic nitrogens is 4. The van der Waals surface area contributed by atoms with Crippen LogP contribution >= 0.6 is 11.6 Å². The number of nitrogens with zero attached hydrogens (tertiary/aromatic N) is 4. The number of rotatable bonds is 7. The first-order chi connectivity index (χ1) is 14.9. The molecule has 0 fully saturated rings. The van der Waals surface area contributed by atoms with Gasteiger partial charge in [-0.3, -0.25) is 9.13 Å². The van der Waals surface area contributed by atoms with E-state index in [1.54, 1.807) is 34.4 Å². The molecule has 0 saturated heterocycles. The van der Waals surface area contributed by atoms with Crippen molar-refractivity contribution in [2.24, 2.45) is 7.05 Å². The molecule has 0 spiro atoms. The van der Waals surface area contributed by atoms with Crippen molar-refractivity contribution in [3.8, 4) is 5.75 Å². The van der Waals surface area contributed by atoms with Crippen LogP contribution < -0.4 is 21.5 Å². The minimum absolute atomic E-state index is 0.0434. The summed E-state index contributed by atoms with van der Waals surface area (Å²) in [5.41, 5.74) is 8.15. The van der Waals surface area contributed by atoms with Crippen molar-refractivity contribution in [2.75, 3.05) is 17.7 Å². The highest BCUT2D eigenvalue weighted by Crippen LogP contribution is 2.17. The number of fused-ring (bicyclic) bond motifs is 1. The Bertz CT molecular complexity index is 1270. The maximum Gasteiger partial charge on any atom is 0.329 e. The van der Waals surface area contributed by atoms with E-state index in [4.69, 9.17) is 22.1 Å². The molecule has 2 heterocycles. The number of nitrogens with one attached hydrogen (secondary N) is 1. The Hall–Kier alpha value is -3.52. The lowest BCUT2D eigenvalue weighted by Gasteiger charge is -2.16. The van der Waals surface area contributed by atoms with Gasteiger partial charge in [0, 0.05) is 18.1 Å². The summed E-state index contributed by atoms with van der Waals surface area (Å²) in [7, 11) is 1.75. The van der Waals surface area contributed by atoms with Gasteiger partial charge in [-0.05, 0) is 43.3 Å². The molecule has 31 heavy (non-hydrogen) atoms. The van der Waals surface area contributed by atoms with Crippen molar-refractivity contribution in [3.63, 3.8) is 0 Å². The monoisotopic (exact) mass is 438 g/mol. The zero-order valence-corrected chi connectivity index (χ0v) is 18.0.